The normalized spacial score (nSPS) is 15.4. The average molecular weight is 425 g/mol. The number of thioether (sulfide) groups is 1. The van der Waals surface area contributed by atoms with E-state index in [0.29, 0.717) is 33.8 Å². The standard InChI is InChI=1S/C21H20FN5O2S/c1-12-17(19(28)24-15-8-10-16(29-2)11-9-15)18(13-4-6-14(22)7-5-13)27-20(23-12)25-21(26-27)30-3/h4-11,18H,1-3H3,(H,24,28)(H,23,25,26)/t18-/m0/s1. The van der Waals surface area contributed by atoms with Gasteiger partial charge >= 0.3 is 0 Å². The number of amides is 1. The van der Waals surface area contributed by atoms with Crippen LogP contribution in [0.4, 0.5) is 16.0 Å². The number of nitrogens with zero attached hydrogens (tertiary/aromatic N) is 3. The third kappa shape index (κ3) is 3.76. The monoisotopic (exact) mass is 425 g/mol. The van der Waals surface area contributed by atoms with Crippen LogP contribution in [0.25, 0.3) is 0 Å². The maximum atomic E-state index is 13.5. The van der Waals surface area contributed by atoms with Crippen molar-refractivity contribution in [3.8, 4) is 5.75 Å². The Morgan fingerprint density at radius 3 is 2.53 bits per heavy atom. The molecule has 2 heterocycles. The number of anilines is 2. The number of rotatable bonds is 5. The van der Waals surface area contributed by atoms with Gasteiger partial charge < -0.3 is 15.4 Å². The van der Waals surface area contributed by atoms with E-state index in [2.05, 4.69) is 20.7 Å². The lowest BCUT2D eigenvalue weighted by Crippen LogP contribution is -2.31. The minimum Gasteiger partial charge on any atom is -0.497 e. The molecule has 0 bridgehead atoms. The van der Waals surface area contributed by atoms with Crippen LogP contribution in [0.1, 0.15) is 18.5 Å². The van der Waals surface area contributed by atoms with Gasteiger partial charge in [0.1, 0.15) is 17.6 Å². The minimum atomic E-state index is -0.548. The van der Waals surface area contributed by atoms with Crippen LogP contribution in [0.5, 0.6) is 5.75 Å². The third-order valence-corrected chi connectivity index (χ3v) is 5.33. The quantitative estimate of drug-likeness (QED) is 0.600. The number of allylic oxidation sites excluding steroid dienone is 1. The van der Waals surface area contributed by atoms with Gasteiger partial charge in [0.15, 0.2) is 0 Å². The van der Waals surface area contributed by atoms with E-state index in [0.717, 1.165) is 5.56 Å². The molecule has 7 nitrogen and oxygen atoms in total. The van der Waals surface area contributed by atoms with Gasteiger partial charge in [0.05, 0.1) is 12.7 Å². The topological polar surface area (TPSA) is 81.1 Å². The number of aromatic nitrogens is 3. The fourth-order valence-corrected chi connectivity index (χ4v) is 3.69. The van der Waals surface area contributed by atoms with Crippen LogP contribution in [0, 0.1) is 5.82 Å². The molecule has 0 radical (unpaired) electrons. The molecule has 0 fully saturated rings. The van der Waals surface area contributed by atoms with Crippen molar-refractivity contribution in [1.29, 1.82) is 0 Å². The van der Waals surface area contributed by atoms with E-state index in [-0.39, 0.29) is 11.7 Å². The summed E-state index contributed by atoms with van der Waals surface area (Å²) in [5, 5.41) is 11.2. The fourth-order valence-electron chi connectivity index (χ4n) is 3.34. The molecule has 154 valence electrons. The number of methoxy groups -OCH3 is 1. The Labute approximate surface area is 177 Å². The van der Waals surface area contributed by atoms with Crippen LogP contribution >= 0.6 is 11.8 Å². The molecular weight excluding hydrogens is 405 g/mol. The molecule has 2 N–H and O–H groups in total. The van der Waals surface area contributed by atoms with Crippen LogP contribution in [0.2, 0.25) is 0 Å². The number of benzene rings is 2. The van der Waals surface area contributed by atoms with E-state index in [1.807, 2.05) is 13.2 Å². The summed E-state index contributed by atoms with van der Waals surface area (Å²) in [5.41, 5.74) is 2.49. The molecule has 1 aliphatic heterocycles. The van der Waals surface area contributed by atoms with E-state index in [1.54, 1.807) is 48.2 Å². The van der Waals surface area contributed by atoms with Gasteiger partial charge in [-0.2, -0.15) is 4.98 Å². The van der Waals surface area contributed by atoms with Crippen LogP contribution < -0.4 is 15.4 Å². The third-order valence-electron chi connectivity index (χ3n) is 4.79. The lowest BCUT2D eigenvalue weighted by atomic mass is 9.95. The molecule has 1 aromatic heterocycles. The molecule has 4 rings (SSSR count). The van der Waals surface area contributed by atoms with Crippen molar-refractivity contribution in [3.05, 3.63) is 71.2 Å². The van der Waals surface area contributed by atoms with Crippen LogP contribution in [0.15, 0.2) is 65.0 Å². The average Bonchev–Trinajstić information content (AvgIpc) is 3.16. The predicted octanol–water partition coefficient (Wildman–Crippen LogP) is 4.08. The molecule has 2 aromatic carbocycles. The van der Waals surface area contributed by atoms with E-state index in [1.165, 1.54) is 23.9 Å². The molecule has 0 unspecified atom stereocenters. The van der Waals surface area contributed by atoms with Crippen molar-refractivity contribution in [3.63, 3.8) is 0 Å². The van der Waals surface area contributed by atoms with E-state index < -0.39 is 6.04 Å². The SMILES string of the molecule is COc1ccc(NC(=O)C2=C(C)Nc3nc(SC)nn3[C@H]2c2ccc(F)cc2)cc1. The first-order valence-electron chi connectivity index (χ1n) is 9.19. The molecule has 0 saturated heterocycles. The molecule has 1 amide bonds. The maximum Gasteiger partial charge on any atom is 0.255 e. The van der Waals surface area contributed by atoms with E-state index in [4.69, 9.17) is 4.74 Å². The van der Waals surface area contributed by atoms with Gasteiger partial charge in [-0.15, -0.1) is 5.10 Å². The summed E-state index contributed by atoms with van der Waals surface area (Å²) in [5.74, 6) is 0.600. The van der Waals surface area contributed by atoms with Crippen molar-refractivity contribution < 1.29 is 13.9 Å². The van der Waals surface area contributed by atoms with Crippen molar-refractivity contribution >= 4 is 29.3 Å². The highest BCUT2D eigenvalue weighted by Crippen LogP contribution is 2.36. The Kier molecular flexibility index (Phi) is 5.45. The van der Waals surface area contributed by atoms with E-state index in [9.17, 15) is 9.18 Å². The van der Waals surface area contributed by atoms with Crippen molar-refractivity contribution in [2.45, 2.75) is 18.1 Å². The van der Waals surface area contributed by atoms with Gasteiger partial charge in [-0.1, -0.05) is 23.9 Å². The number of halogens is 1. The summed E-state index contributed by atoms with van der Waals surface area (Å²) in [6.07, 6.45) is 1.88. The fraction of sp³-hybridized carbons (Fsp3) is 0.190. The Balaban J connectivity index is 1.74. The predicted molar refractivity (Wildman–Crippen MR) is 114 cm³/mol. The Hall–Kier alpha value is -3.33. The van der Waals surface area contributed by atoms with Crippen LogP contribution in [-0.4, -0.2) is 34.0 Å². The zero-order valence-electron chi connectivity index (χ0n) is 16.6. The zero-order chi connectivity index (χ0) is 21.3. The molecule has 0 spiro atoms. The van der Waals surface area contributed by atoms with Gasteiger partial charge in [0, 0.05) is 11.4 Å². The molecule has 0 saturated carbocycles. The smallest absolute Gasteiger partial charge is 0.255 e. The lowest BCUT2D eigenvalue weighted by Gasteiger charge is -2.28. The lowest BCUT2D eigenvalue weighted by molar-refractivity contribution is -0.113. The second-order valence-electron chi connectivity index (χ2n) is 6.67. The molecule has 9 heteroatoms. The number of nitrogens with one attached hydrogen (secondary N) is 2. The first-order valence-corrected chi connectivity index (χ1v) is 10.4. The van der Waals surface area contributed by atoms with E-state index >= 15 is 0 Å². The summed E-state index contributed by atoms with van der Waals surface area (Å²) in [7, 11) is 1.58. The van der Waals surface area contributed by atoms with Gasteiger partial charge in [-0.25, -0.2) is 9.07 Å². The van der Waals surface area contributed by atoms with Gasteiger partial charge in [0.25, 0.3) is 5.91 Å². The number of carbonyl (C=O) groups excluding carboxylic acids is 1. The highest BCUT2D eigenvalue weighted by Gasteiger charge is 2.34. The molecular formula is C21H20FN5O2S. The second kappa shape index (κ2) is 8.19. The Morgan fingerprint density at radius 1 is 1.20 bits per heavy atom. The Bertz CT molecular complexity index is 1110. The molecule has 1 aliphatic rings. The molecule has 30 heavy (non-hydrogen) atoms. The number of ether oxygens (including phenoxy) is 1. The minimum absolute atomic E-state index is 0.286. The first kappa shape index (κ1) is 20.0. The number of carbonyl (C=O) groups is 1. The molecule has 3 aromatic rings. The van der Waals surface area contributed by atoms with Gasteiger partial charge in [-0.3, -0.25) is 4.79 Å². The summed E-state index contributed by atoms with van der Waals surface area (Å²) >= 11 is 1.40. The molecule has 0 aliphatic carbocycles. The van der Waals surface area contributed by atoms with Gasteiger partial charge in [0.2, 0.25) is 11.1 Å². The number of hydrogen-bond donors (Lipinski definition) is 2. The zero-order valence-corrected chi connectivity index (χ0v) is 17.5. The second-order valence-corrected chi connectivity index (χ2v) is 7.44. The highest BCUT2D eigenvalue weighted by atomic mass is 32.2. The highest BCUT2D eigenvalue weighted by molar-refractivity contribution is 7.98. The summed E-state index contributed by atoms with van der Waals surface area (Å²) in [4.78, 5) is 17.7. The van der Waals surface area contributed by atoms with Crippen molar-refractivity contribution in [1.82, 2.24) is 14.8 Å². The van der Waals surface area contributed by atoms with Crippen LogP contribution in [0.3, 0.4) is 0 Å². The first-order chi connectivity index (χ1) is 14.5. The van der Waals surface area contributed by atoms with Crippen molar-refractivity contribution in [2.24, 2.45) is 0 Å². The summed E-state index contributed by atoms with van der Waals surface area (Å²) < 4.78 is 20.4. The van der Waals surface area contributed by atoms with Gasteiger partial charge in [-0.05, 0) is 55.1 Å². The number of hydrogen-bond acceptors (Lipinski definition) is 6. The number of fused-ring (bicyclic) bond motifs is 1. The summed E-state index contributed by atoms with van der Waals surface area (Å²) in [6, 6.07) is 12.6. The summed E-state index contributed by atoms with van der Waals surface area (Å²) in [6.45, 7) is 1.82. The van der Waals surface area contributed by atoms with Crippen LogP contribution in [-0.2, 0) is 4.79 Å². The largest absolute Gasteiger partial charge is 0.497 e. The van der Waals surface area contributed by atoms with Crippen molar-refractivity contribution in [2.75, 3.05) is 24.0 Å². The maximum absolute atomic E-state index is 13.5. The Morgan fingerprint density at radius 2 is 1.90 bits per heavy atom. The molecule has 1 atom stereocenters.